The van der Waals surface area contributed by atoms with Crippen molar-refractivity contribution in [2.75, 3.05) is 0 Å². The third-order valence-electron chi connectivity index (χ3n) is 3.01. The van der Waals surface area contributed by atoms with Crippen molar-refractivity contribution in [1.29, 1.82) is 0 Å². The van der Waals surface area contributed by atoms with Crippen molar-refractivity contribution >= 4 is 12.2 Å². The zero-order valence-electron chi connectivity index (χ0n) is 10.7. The van der Waals surface area contributed by atoms with Gasteiger partial charge >= 0.3 is 6.18 Å². The van der Waals surface area contributed by atoms with Gasteiger partial charge < -0.3 is 0 Å². The molecule has 1 heterocycles. The van der Waals surface area contributed by atoms with E-state index < -0.39 is 11.9 Å². The molecule has 1 N–H and O–H groups in total. The lowest BCUT2D eigenvalue weighted by Crippen LogP contribution is -2.09. The molecule has 102 valence electrons. The number of rotatable bonds is 1. The van der Waals surface area contributed by atoms with Crippen LogP contribution in [0, 0.1) is 25.4 Å². The Morgan fingerprint density at radius 1 is 1.16 bits per heavy atom. The van der Waals surface area contributed by atoms with Crippen LogP contribution < -0.4 is 0 Å². The van der Waals surface area contributed by atoms with Gasteiger partial charge in [-0.15, -0.1) is 0 Å². The van der Waals surface area contributed by atoms with Gasteiger partial charge in [0.2, 0.25) is 0 Å². The highest BCUT2D eigenvalue weighted by Crippen LogP contribution is 2.32. The van der Waals surface area contributed by atoms with Gasteiger partial charge in [0.25, 0.3) is 0 Å². The van der Waals surface area contributed by atoms with Crippen LogP contribution in [0.15, 0.2) is 18.2 Å². The number of nitrogens with one attached hydrogen (secondary N) is 1. The molecule has 0 saturated carbocycles. The summed E-state index contributed by atoms with van der Waals surface area (Å²) in [6.07, 6.45) is -4.43. The number of halogens is 3. The maximum absolute atomic E-state index is 12.8. The molecule has 0 aliphatic heterocycles. The maximum Gasteiger partial charge on any atom is 0.433 e. The first-order valence-corrected chi connectivity index (χ1v) is 6.09. The number of aryl methyl sites for hydroxylation is 2. The zero-order valence-corrected chi connectivity index (χ0v) is 11.5. The molecule has 0 atom stereocenters. The third kappa shape index (κ3) is 2.45. The summed E-state index contributed by atoms with van der Waals surface area (Å²) in [6, 6.07) is 5.57. The molecule has 0 spiro atoms. The van der Waals surface area contributed by atoms with Crippen molar-refractivity contribution in [3.63, 3.8) is 0 Å². The molecule has 0 radical (unpaired) electrons. The molecule has 0 amide bonds. The van der Waals surface area contributed by atoms with Crippen LogP contribution in [0.1, 0.15) is 22.4 Å². The fraction of sp³-hybridized carbons (Fsp3) is 0.308. The van der Waals surface area contributed by atoms with E-state index in [1.807, 2.05) is 26.0 Å². The Morgan fingerprint density at radius 3 is 2.32 bits per heavy atom. The molecule has 0 saturated heterocycles. The van der Waals surface area contributed by atoms with Crippen LogP contribution in [0.25, 0.3) is 5.69 Å². The largest absolute Gasteiger partial charge is 0.433 e. The van der Waals surface area contributed by atoms with Crippen molar-refractivity contribution in [2.24, 2.45) is 0 Å². The normalized spacial score (nSPS) is 11.9. The molecule has 1 aromatic heterocycles. The van der Waals surface area contributed by atoms with Gasteiger partial charge in [-0.3, -0.25) is 5.10 Å². The lowest BCUT2D eigenvalue weighted by Gasteiger charge is -2.09. The lowest BCUT2D eigenvalue weighted by molar-refractivity contribution is -0.141. The molecule has 0 unspecified atom stereocenters. The Hall–Kier alpha value is -1.56. The Morgan fingerprint density at radius 2 is 1.79 bits per heavy atom. The Balaban J connectivity index is 2.71. The highest BCUT2D eigenvalue weighted by Gasteiger charge is 2.35. The third-order valence-corrected chi connectivity index (χ3v) is 3.50. The van der Waals surface area contributed by atoms with Gasteiger partial charge in [-0.25, -0.2) is 4.68 Å². The second-order valence-corrected chi connectivity index (χ2v) is 4.93. The van der Waals surface area contributed by atoms with Crippen LogP contribution in [-0.2, 0) is 6.18 Å². The summed E-state index contributed by atoms with van der Waals surface area (Å²) in [7, 11) is 0. The van der Waals surface area contributed by atoms with Crippen LogP contribution in [0.5, 0.6) is 0 Å². The SMILES string of the molecule is Cc1ccc(C)c(-n2[nH]c(C(F)(F)F)c(C)c2=S)c1. The smallest absolute Gasteiger partial charge is 0.288 e. The number of aromatic amines is 1. The van der Waals surface area contributed by atoms with Gasteiger partial charge in [0.15, 0.2) is 0 Å². The molecule has 19 heavy (non-hydrogen) atoms. The van der Waals surface area contributed by atoms with E-state index in [-0.39, 0.29) is 10.2 Å². The van der Waals surface area contributed by atoms with E-state index in [1.54, 1.807) is 6.07 Å². The van der Waals surface area contributed by atoms with Gasteiger partial charge in [0.05, 0.1) is 5.69 Å². The van der Waals surface area contributed by atoms with Gasteiger partial charge in [-0.05, 0) is 38.0 Å². The molecular formula is C13H13F3N2S. The fourth-order valence-electron chi connectivity index (χ4n) is 1.93. The summed E-state index contributed by atoms with van der Waals surface area (Å²) in [6.45, 7) is 5.09. The topological polar surface area (TPSA) is 20.7 Å². The first-order chi connectivity index (χ1) is 8.71. The zero-order chi connectivity index (χ0) is 14.4. The van der Waals surface area contributed by atoms with Crippen LogP contribution in [0.2, 0.25) is 0 Å². The summed E-state index contributed by atoms with van der Waals surface area (Å²) in [5.41, 5.74) is 1.71. The summed E-state index contributed by atoms with van der Waals surface area (Å²) >= 11 is 5.10. The molecule has 0 aliphatic rings. The molecule has 1 aromatic carbocycles. The second kappa shape index (κ2) is 4.52. The van der Waals surface area contributed by atoms with Gasteiger partial charge in [0, 0.05) is 5.56 Å². The van der Waals surface area contributed by atoms with E-state index in [0.717, 1.165) is 11.1 Å². The number of benzene rings is 1. The van der Waals surface area contributed by atoms with Gasteiger partial charge in [-0.2, -0.15) is 13.2 Å². The molecule has 6 heteroatoms. The van der Waals surface area contributed by atoms with E-state index in [0.29, 0.717) is 5.69 Å². The quantitative estimate of drug-likeness (QED) is 0.767. The van der Waals surface area contributed by atoms with Crippen molar-refractivity contribution in [2.45, 2.75) is 26.9 Å². The van der Waals surface area contributed by atoms with Gasteiger partial charge in [-0.1, -0.05) is 24.4 Å². The predicted octanol–water partition coefficient (Wildman–Crippen LogP) is 4.48. The summed E-state index contributed by atoms with van der Waals surface area (Å²) in [4.78, 5) is 0. The monoisotopic (exact) mass is 286 g/mol. The second-order valence-electron chi connectivity index (χ2n) is 4.54. The highest BCUT2D eigenvalue weighted by atomic mass is 32.1. The number of hydrogen-bond acceptors (Lipinski definition) is 1. The fourth-order valence-corrected chi connectivity index (χ4v) is 2.17. The first kappa shape index (κ1) is 13.9. The standard InChI is InChI=1S/C13H13F3N2S/c1-7-4-5-8(2)10(6-7)18-12(19)9(3)11(17-18)13(14,15)16/h4-6,17H,1-3H3. The minimum atomic E-state index is -4.43. The van der Waals surface area contributed by atoms with Crippen molar-refractivity contribution in [3.8, 4) is 5.69 Å². The van der Waals surface area contributed by atoms with Crippen molar-refractivity contribution < 1.29 is 13.2 Å². The molecule has 0 aliphatic carbocycles. The van der Waals surface area contributed by atoms with E-state index in [1.165, 1.54) is 11.6 Å². The Kier molecular flexibility index (Phi) is 3.30. The minimum Gasteiger partial charge on any atom is -0.288 e. The molecular weight excluding hydrogens is 273 g/mol. The summed E-state index contributed by atoms with van der Waals surface area (Å²) in [5, 5.41) is 2.36. The summed E-state index contributed by atoms with van der Waals surface area (Å²) in [5.74, 6) is 0. The maximum atomic E-state index is 12.8. The highest BCUT2D eigenvalue weighted by molar-refractivity contribution is 7.71. The van der Waals surface area contributed by atoms with Crippen LogP contribution in [0.3, 0.4) is 0 Å². The molecule has 0 fully saturated rings. The van der Waals surface area contributed by atoms with Crippen LogP contribution in [-0.4, -0.2) is 9.78 Å². The molecule has 2 aromatic rings. The van der Waals surface area contributed by atoms with Crippen molar-refractivity contribution in [1.82, 2.24) is 9.78 Å². The van der Waals surface area contributed by atoms with E-state index in [2.05, 4.69) is 5.10 Å². The molecule has 2 nitrogen and oxygen atoms in total. The molecule has 0 bridgehead atoms. The van der Waals surface area contributed by atoms with E-state index in [4.69, 9.17) is 12.2 Å². The number of nitrogens with zero attached hydrogens (tertiary/aromatic N) is 1. The first-order valence-electron chi connectivity index (χ1n) is 5.68. The van der Waals surface area contributed by atoms with E-state index in [9.17, 15) is 13.2 Å². The number of alkyl halides is 3. The Labute approximate surface area is 113 Å². The number of H-pyrrole nitrogens is 1. The number of aromatic nitrogens is 2. The number of hydrogen-bond donors (Lipinski definition) is 1. The lowest BCUT2D eigenvalue weighted by atomic mass is 10.1. The van der Waals surface area contributed by atoms with Crippen LogP contribution >= 0.6 is 12.2 Å². The van der Waals surface area contributed by atoms with Crippen LogP contribution in [0.4, 0.5) is 13.2 Å². The summed E-state index contributed by atoms with van der Waals surface area (Å²) < 4.78 is 40.0. The van der Waals surface area contributed by atoms with Crippen molar-refractivity contribution in [3.05, 3.63) is 45.2 Å². The van der Waals surface area contributed by atoms with E-state index >= 15 is 0 Å². The average molecular weight is 286 g/mol. The van der Waals surface area contributed by atoms with Gasteiger partial charge in [0.1, 0.15) is 10.3 Å². The molecule has 2 rings (SSSR count). The minimum absolute atomic E-state index is 0.0448. The average Bonchev–Trinajstić information content (AvgIpc) is 2.59. The predicted molar refractivity (Wildman–Crippen MR) is 70.2 cm³/mol. The Bertz CT molecular complexity index is 680.